The van der Waals surface area contributed by atoms with Crippen LogP contribution in [0.5, 0.6) is 0 Å². The molecule has 6 heteroatoms. The third kappa shape index (κ3) is 3.55. The van der Waals surface area contributed by atoms with Gasteiger partial charge in [-0.2, -0.15) is 0 Å². The molecule has 4 nitrogen and oxygen atoms in total. The van der Waals surface area contributed by atoms with E-state index in [0.717, 1.165) is 11.1 Å². The number of halogens is 2. The molecular formula is C22H16BrClN2O2. The molecule has 1 aliphatic heterocycles. The van der Waals surface area contributed by atoms with Gasteiger partial charge in [0, 0.05) is 20.7 Å². The number of nitrogens with zero attached hydrogens (tertiary/aromatic N) is 1. The standard InChI is InChI=1S/C22H16BrClN2O2/c23-18-9-5-4-8-16(18)22(28)26-13-20(27)25-19-11-10-15(24)12-17(19)21(26)14-6-2-1-3-7-14/h1-12,21H,13H2,(H,25,27). The molecule has 3 aromatic rings. The van der Waals surface area contributed by atoms with Gasteiger partial charge in [-0.15, -0.1) is 0 Å². The van der Waals surface area contributed by atoms with Crippen molar-refractivity contribution in [2.75, 3.05) is 11.9 Å². The molecule has 0 saturated carbocycles. The van der Waals surface area contributed by atoms with Crippen molar-refractivity contribution in [3.05, 3.63) is 99.0 Å². The molecule has 0 radical (unpaired) electrons. The summed E-state index contributed by atoms with van der Waals surface area (Å²) in [4.78, 5) is 27.7. The van der Waals surface area contributed by atoms with E-state index >= 15 is 0 Å². The molecule has 2 amide bonds. The SMILES string of the molecule is O=C1CN(C(=O)c2ccccc2Br)C(c2ccccc2)c2cc(Cl)ccc2N1. The van der Waals surface area contributed by atoms with Gasteiger partial charge in [-0.1, -0.05) is 54.1 Å². The maximum absolute atomic E-state index is 13.5. The largest absolute Gasteiger partial charge is 0.324 e. The Bertz CT molecular complexity index is 1060. The predicted molar refractivity (Wildman–Crippen MR) is 114 cm³/mol. The summed E-state index contributed by atoms with van der Waals surface area (Å²) in [6.45, 7) is -0.0635. The normalized spacial score (nSPS) is 16.1. The number of amides is 2. The van der Waals surface area contributed by atoms with E-state index in [1.807, 2.05) is 42.5 Å². The summed E-state index contributed by atoms with van der Waals surface area (Å²) in [6, 6.07) is 21.7. The van der Waals surface area contributed by atoms with Crippen molar-refractivity contribution >= 4 is 45.0 Å². The van der Waals surface area contributed by atoms with Gasteiger partial charge in [-0.25, -0.2) is 0 Å². The van der Waals surface area contributed by atoms with Crippen LogP contribution in [0.3, 0.4) is 0 Å². The van der Waals surface area contributed by atoms with Crippen molar-refractivity contribution in [3.8, 4) is 0 Å². The fourth-order valence-corrected chi connectivity index (χ4v) is 4.09. The number of carbonyl (C=O) groups excluding carboxylic acids is 2. The van der Waals surface area contributed by atoms with E-state index in [1.54, 1.807) is 35.2 Å². The van der Waals surface area contributed by atoms with Crippen LogP contribution in [-0.4, -0.2) is 23.3 Å². The average Bonchev–Trinajstić information content (AvgIpc) is 2.84. The maximum atomic E-state index is 13.5. The minimum atomic E-state index is -0.451. The Morgan fingerprint density at radius 2 is 1.75 bits per heavy atom. The fourth-order valence-electron chi connectivity index (χ4n) is 3.45. The molecule has 3 aromatic carbocycles. The van der Waals surface area contributed by atoms with Crippen LogP contribution in [0.4, 0.5) is 5.69 Å². The highest BCUT2D eigenvalue weighted by molar-refractivity contribution is 9.10. The average molecular weight is 456 g/mol. The minimum Gasteiger partial charge on any atom is -0.324 e. The number of fused-ring (bicyclic) bond motifs is 1. The molecule has 0 aromatic heterocycles. The number of benzene rings is 3. The second kappa shape index (κ2) is 7.78. The zero-order valence-electron chi connectivity index (χ0n) is 14.7. The van der Waals surface area contributed by atoms with Gasteiger partial charge in [0.15, 0.2) is 0 Å². The summed E-state index contributed by atoms with van der Waals surface area (Å²) >= 11 is 9.71. The molecule has 0 fully saturated rings. The molecule has 4 rings (SSSR count). The lowest BCUT2D eigenvalue weighted by molar-refractivity contribution is -0.117. The molecule has 28 heavy (non-hydrogen) atoms. The summed E-state index contributed by atoms with van der Waals surface area (Å²) in [5.41, 5.74) is 2.85. The van der Waals surface area contributed by atoms with Crippen LogP contribution in [0.25, 0.3) is 0 Å². The van der Waals surface area contributed by atoms with Crippen LogP contribution in [-0.2, 0) is 4.79 Å². The number of nitrogens with one attached hydrogen (secondary N) is 1. The van der Waals surface area contributed by atoms with Gasteiger partial charge in [-0.3, -0.25) is 9.59 Å². The first-order valence-electron chi connectivity index (χ1n) is 8.74. The van der Waals surface area contributed by atoms with Crippen LogP contribution >= 0.6 is 27.5 Å². The number of carbonyl (C=O) groups is 2. The molecule has 140 valence electrons. The molecule has 0 aliphatic carbocycles. The van der Waals surface area contributed by atoms with Gasteiger partial charge in [0.25, 0.3) is 5.91 Å². The van der Waals surface area contributed by atoms with Crippen molar-refractivity contribution in [1.82, 2.24) is 4.90 Å². The molecule has 0 saturated heterocycles. The molecule has 1 aliphatic rings. The maximum Gasteiger partial charge on any atom is 0.256 e. The molecule has 0 bridgehead atoms. The quantitative estimate of drug-likeness (QED) is 0.571. The number of rotatable bonds is 2. The predicted octanol–water partition coefficient (Wildman–Crippen LogP) is 5.29. The monoisotopic (exact) mass is 454 g/mol. The first kappa shape index (κ1) is 18.7. The van der Waals surface area contributed by atoms with Crippen LogP contribution in [0.15, 0.2) is 77.3 Å². The Kier molecular flexibility index (Phi) is 5.20. The summed E-state index contributed by atoms with van der Waals surface area (Å²) in [5.74, 6) is -0.480. The van der Waals surface area contributed by atoms with E-state index < -0.39 is 6.04 Å². The van der Waals surface area contributed by atoms with Crippen LogP contribution in [0.2, 0.25) is 5.02 Å². The third-order valence-corrected chi connectivity index (χ3v) is 5.61. The molecule has 0 spiro atoms. The van der Waals surface area contributed by atoms with Crippen LogP contribution < -0.4 is 5.32 Å². The van der Waals surface area contributed by atoms with Gasteiger partial charge < -0.3 is 10.2 Å². The lowest BCUT2D eigenvalue weighted by atomic mass is 9.95. The minimum absolute atomic E-state index is 0.0635. The summed E-state index contributed by atoms with van der Waals surface area (Å²) in [7, 11) is 0. The summed E-state index contributed by atoms with van der Waals surface area (Å²) < 4.78 is 0.683. The second-order valence-electron chi connectivity index (χ2n) is 6.51. The summed E-state index contributed by atoms with van der Waals surface area (Å²) in [6.07, 6.45) is 0. The van der Waals surface area contributed by atoms with Gasteiger partial charge >= 0.3 is 0 Å². The van der Waals surface area contributed by atoms with Crippen LogP contribution in [0, 0.1) is 0 Å². The first-order valence-corrected chi connectivity index (χ1v) is 9.91. The first-order chi connectivity index (χ1) is 13.5. The van der Waals surface area contributed by atoms with Crippen molar-refractivity contribution in [2.45, 2.75) is 6.04 Å². The van der Waals surface area contributed by atoms with Crippen LogP contribution in [0.1, 0.15) is 27.5 Å². The Morgan fingerprint density at radius 3 is 2.50 bits per heavy atom. The highest BCUT2D eigenvalue weighted by atomic mass is 79.9. The van der Waals surface area contributed by atoms with Gasteiger partial charge in [0.1, 0.15) is 6.54 Å². The Balaban J connectivity index is 1.91. The Labute approximate surface area is 176 Å². The molecule has 1 heterocycles. The zero-order chi connectivity index (χ0) is 19.7. The van der Waals surface area contributed by atoms with E-state index in [2.05, 4.69) is 21.2 Å². The van der Waals surface area contributed by atoms with E-state index in [1.165, 1.54) is 0 Å². The lowest BCUT2D eigenvalue weighted by Gasteiger charge is -2.31. The topological polar surface area (TPSA) is 49.4 Å². The van der Waals surface area contributed by atoms with Crippen molar-refractivity contribution in [3.63, 3.8) is 0 Å². The number of anilines is 1. The summed E-state index contributed by atoms with van der Waals surface area (Å²) in [5, 5.41) is 3.44. The Morgan fingerprint density at radius 1 is 1.04 bits per heavy atom. The van der Waals surface area contributed by atoms with E-state index in [-0.39, 0.29) is 18.4 Å². The van der Waals surface area contributed by atoms with Gasteiger partial charge in [0.2, 0.25) is 5.91 Å². The molecule has 1 unspecified atom stereocenters. The lowest BCUT2D eigenvalue weighted by Crippen LogP contribution is -2.39. The molecular weight excluding hydrogens is 440 g/mol. The van der Waals surface area contributed by atoms with Crippen molar-refractivity contribution < 1.29 is 9.59 Å². The fraction of sp³-hybridized carbons (Fsp3) is 0.0909. The second-order valence-corrected chi connectivity index (χ2v) is 7.80. The van der Waals surface area contributed by atoms with Gasteiger partial charge in [0.05, 0.1) is 11.6 Å². The van der Waals surface area contributed by atoms with E-state index in [0.29, 0.717) is 20.7 Å². The zero-order valence-corrected chi connectivity index (χ0v) is 17.1. The number of hydrogen-bond donors (Lipinski definition) is 1. The molecule has 1 N–H and O–H groups in total. The highest BCUT2D eigenvalue weighted by Gasteiger charge is 2.34. The smallest absolute Gasteiger partial charge is 0.256 e. The highest BCUT2D eigenvalue weighted by Crippen LogP contribution is 2.38. The van der Waals surface area contributed by atoms with Crippen molar-refractivity contribution in [1.29, 1.82) is 0 Å². The number of hydrogen-bond acceptors (Lipinski definition) is 2. The van der Waals surface area contributed by atoms with Gasteiger partial charge in [-0.05, 0) is 51.8 Å². The van der Waals surface area contributed by atoms with Crippen molar-refractivity contribution in [2.24, 2.45) is 0 Å². The third-order valence-electron chi connectivity index (χ3n) is 4.69. The molecule has 1 atom stereocenters. The van der Waals surface area contributed by atoms with E-state index in [4.69, 9.17) is 11.6 Å². The Hall–Kier alpha value is -2.63. The van der Waals surface area contributed by atoms with E-state index in [9.17, 15) is 9.59 Å².